The van der Waals surface area contributed by atoms with Crippen molar-refractivity contribution in [2.75, 3.05) is 39.3 Å². The summed E-state index contributed by atoms with van der Waals surface area (Å²) in [4.78, 5) is 4.83. The van der Waals surface area contributed by atoms with Gasteiger partial charge < -0.3 is 9.84 Å². The Labute approximate surface area is 175 Å². The van der Waals surface area contributed by atoms with Crippen LogP contribution in [0, 0.1) is 0 Å². The van der Waals surface area contributed by atoms with Gasteiger partial charge in [-0.15, -0.1) is 24.8 Å². The van der Waals surface area contributed by atoms with E-state index < -0.39 is 0 Å². The largest absolute Gasteiger partial charge is 0.492 e. The molecular weight excluding hydrogens is 383 g/mol. The summed E-state index contributed by atoms with van der Waals surface area (Å²) >= 11 is 0. The third kappa shape index (κ3) is 6.98. The lowest BCUT2D eigenvalue weighted by Gasteiger charge is -2.40. The van der Waals surface area contributed by atoms with Crippen molar-refractivity contribution in [3.8, 4) is 5.75 Å². The first-order chi connectivity index (χ1) is 12.2. The molecule has 0 spiro atoms. The number of nitrogens with zero attached hydrogens (tertiary/aromatic N) is 2. The van der Waals surface area contributed by atoms with Gasteiger partial charge in [-0.2, -0.15) is 0 Å². The van der Waals surface area contributed by atoms with E-state index >= 15 is 0 Å². The fraction of sp³-hybridized carbons (Fsp3) is 0.429. The van der Waals surface area contributed by atoms with Gasteiger partial charge >= 0.3 is 0 Å². The van der Waals surface area contributed by atoms with Crippen molar-refractivity contribution in [1.82, 2.24) is 9.80 Å². The molecule has 1 fully saturated rings. The number of rotatable bonds is 7. The molecule has 1 aliphatic rings. The molecule has 0 bridgehead atoms. The van der Waals surface area contributed by atoms with E-state index in [4.69, 9.17) is 4.74 Å². The van der Waals surface area contributed by atoms with Gasteiger partial charge in [-0.3, -0.25) is 9.80 Å². The quantitative estimate of drug-likeness (QED) is 0.752. The number of hydrogen-bond acceptors (Lipinski definition) is 4. The third-order valence-electron chi connectivity index (χ3n) is 4.82. The summed E-state index contributed by atoms with van der Waals surface area (Å²) in [6.45, 7) is 7.49. The summed E-state index contributed by atoms with van der Waals surface area (Å²) in [6.07, 6.45) is -0.379. The van der Waals surface area contributed by atoms with E-state index in [1.165, 1.54) is 5.56 Å². The SMILES string of the molecule is CC(O)C(c1ccccc1)N1CCN(CCOc2ccccc2)CC1.Cl.Cl. The molecule has 0 saturated carbocycles. The van der Waals surface area contributed by atoms with Crippen LogP contribution in [0.25, 0.3) is 0 Å². The van der Waals surface area contributed by atoms with Gasteiger partial charge in [0.1, 0.15) is 12.4 Å². The van der Waals surface area contributed by atoms with Crippen LogP contribution in [0.3, 0.4) is 0 Å². The van der Waals surface area contributed by atoms with Crippen LogP contribution in [-0.4, -0.2) is 60.3 Å². The number of piperazine rings is 1. The number of hydrogen-bond donors (Lipinski definition) is 1. The zero-order valence-electron chi connectivity index (χ0n) is 15.7. The summed E-state index contributed by atoms with van der Waals surface area (Å²) in [5, 5.41) is 10.3. The topological polar surface area (TPSA) is 35.9 Å². The second-order valence-corrected chi connectivity index (χ2v) is 6.64. The third-order valence-corrected chi connectivity index (χ3v) is 4.82. The van der Waals surface area contributed by atoms with Gasteiger partial charge in [-0.05, 0) is 24.6 Å². The van der Waals surface area contributed by atoms with E-state index in [0.29, 0.717) is 6.61 Å². The molecule has 150 valence electrons. The molecule has 1 aliphatic heterocycles. The van der Waals surface area contributed by atoms with Crippen LogP contribution in [-0.2, 0) is 0 Å². The molecule has 0 radical (unpaired) electrons. The number of halogens is 2. The highest BCUT2D eigenvalue weighted by Gasteiger charge is 2.28. The van der Waals surface area contributed by atoms with E-state index in [1.54, 1.807) is 0 Å². The highest BCUT2D eigenvalue weighted by atomic mass is 35.5. The van der Waals surface area contributed by atoms with Crippen LogP contribution in [0.2, 0.25) is 0 Å². The van der Waals surface area contributed by atoms with Crippen molar-refractivity contribution >= 4 is 24.8 Å². The number of aliphatic hydroxyl groups is 1. The summed E-state index contributed by atoms with van der Waals surface area (Å²) in [6, 6.07) is 20.4. The minimum Gasteiger partial charge on any atom is -0.492 e. The van der Waals surface area contributed by atoms with Crippen molar-refractivity contribution < 1.29 is 9.84 Å². The van der Waals surface area contributed by atoms with Crippen molar-refractivity contribution in [2.24, 2.45) is 0 Å². The standard InChI is InChI=1S/C21H28N2O2.2ClH/c1-18(24)21(19-8-4-2-5-9-19)23-14-12-22(13-15-23)16-17-25-20-10-6-3-7-11-20;;/h2-11,18,21,24H,12-17H2,1H3;2*1H. The predicted molar refractivity (Wildman–Crippen MR) is 115 cm³/mol. The Morgan fingerprint density at radius 3 is 2.00 bits per heavy atom. The van der Waals surface area contributed by atoms with Crippen molar-refractivity contribution in [3.63, 3.8) is 0 Å². The predicted octanol–water partition coefficient (Wildman–Crippen LogP) is 3.65. The first kappa shape index (κ1) is 23.7. The van der Waals surface area contributed by atoms with Crippen molar-refractivity contribution in [3.05, 3.63) is 66.2 Å². The molecule has 6 heteroatoms. The van der Waals surface area contributed by atoms with Gasteiger partial charge in [-0.1, -0.05) is 48.5 Å². The Bertz CT molecular complexity index is 621. The Morgan fingerprint density at radius 2 is 1.44 bits per heavy atom. The van der Waals surface area contributed by atoms with E-state index in [9.17, 15) is 5.11 Å². The highest BCUT2D eigenvalue weighted by Crippen LogP contribution is 2.25. The van der Waals surface area contributed by atoms with Crippen LogP contribution in [0.4, 0.5) is 0 Å². The van der Waals surface area contributed by atoms with Crippen LogP contribution in [0.5, 0.6) is 5.75 Å². The van der Waals surface area contributed by atoms with E-state index in [-0.39, 0.29) is 37.0 Å². The molecule has 2 atom stereocenters. The molecule has 27 heavy (non-hydrogen) atoms. The van der Waals surface area contributed by atoms with Gasteiger partial charge in [-0.25, -0.2) is 0 Å². The van der Waals surface area contributed by atoms with Crippen LogP contribution in [0.15, 0.2) is 60.7 Å². The van der Waals surface area contributed by atoms with Gasteiger partial charge in [0, 0.05) is 32.7 Å². The number of aliphatic hydroxyl groups excluding tert-OH is 1. The van der Waals surface area contributed by atoms with Crippen molar-refractivity contribution in [1.29, 1.82) is 0 Å². The Morgan fingerprint density at radius 1 is 0.889 bits per heavy atom. The van der Waals surface area contributed by atoms with E-state index in [2.05, 4.69) is 21.9 Å². The molecule has 1 heterocycles. The minimum atomic E-state index is -0.379. The Hall–Kier alpha value is -1.30. The Kier molecular flexibility index (Phi) is 10.7. The molecule has 3 rings (SSSR count). The fourth-order valence-electron chi connectivity index (χ4n) is 3.52. The lowest BCUT2D eigenvalue weighted by Crippen LogP contribution is -2.50. The maximum Gasteiger partial charge on any atom is 0.119 e. The minimum absolute atomic E-state index is 0. The molecule has 1 N–H and O–H groups in total. The van der Waals surface area contributed by atoms with E-state index in [0.717, 1.165) is 38.5 Å². The number of ether oxygens (including phenoxy) is 1. The first-order valence-corrected chi connectivity index (χ1v) is 9.11. The molecule has 4 nitrogen and oxygen atoms in total. The van der Waals surface area contributed by atoms with Gasteiger partial charge in [0.05, 0.1) is 12.1 Å². The van der Waals surface area contributed by atoms with Crippen LogP contribution >= 0.6 is 24.8 Å². The maximum atomic E-state index is 10.3. The molecule has 0 aliphatic carbocycles. The Balaban J connectivity index is 0.00000182. The number of para-hydroxylation sites is 1. The van der Waals surface area contributed by atoms with Crippen LogP contribution < -0.4 is 4.74 Å². The molecular formula is C21H30Cl2N2O2. The summed E-state index contributed by atoms with van der Waals surface area (Å²) in [7, 11) is 0. The first-order valence-electron chi connectivity index (χ1n) is 9.11. The molecule has 2 aromatic rings. The zero-order valence-corrected chi connectivity index (χ0v) is 17.4. The maximum absolute atomic E-state index is 10.3. The van der Waals surface area contributed by atoms with Gasteiger partial charge in [0.2, 0.25) is 0 Å². The second kappa shape index (κ2) is 12.2. The monoisotopic (exact) mass is 412 g/mol. The summed E-state index contributed by atoms with van der Waals surface area (Å²) in [5.41, 5.74) is 1.19. The lowest BCUT2D eigenvalue weighted by molar-refractivity contribution is 0.0234. The molecule has 0 aromatic heterocycles. The molecule has 0 amide bonds. The normalized spacial score (nSPS) is 17.3. The summed E-state index contributed by atoms with van der Waals surface area (Å²) in [5.74, 6) is 0.930. The second-order valence-electron chi connectivity index (χ2n) is 6.64. The molecule has 2 unspecified atom stereocenters. The number of benzene rings is 2. The average molecular weight is 413 g/mol. The average Bonchev–Trinajstić information content (AvgIpc) is 2.65. The van der Waals surface area contributed by atoms with Gasteiger partial charge in [0.25, 0.3) is 0 Å². The van der Waals surface area contributed by atoms with Crippen molar-refractivity contribution in [2.45, 2.75) is 19.1 Å². The van der Waals surface area contributed by atoms with Crippen LogP contribution in [0.1, 0.15) is 18.5 Å². The lowest BCUT2D eigenvalue weighted by atomic mass is 10.00. The summed E-state index contributed by atoms with van der Waals surface area (Å²) < 4.78 is 5.80. The highest BCUT2D eigenvalue weighted by molar-refractivity contribution is 5.85. The zero-order chi connectivity index (χ0) is 17.5. The van der Waals surface area contributed by atoms with Gasteiger partial charge in [0.15, 0.2) is 0 Å². The van der Waals surface area contributed by atoms with E-state index in [1.807, 2.05) is 55.5 Å². The molecule has 1 saturated heterocycles. The molecule has 2 aromatic carbocycles. The fourth-order valence-corrected chi connectivity index (χ4v) is 3.52. The smallest absolute Gasteiger partial charge is 0.119 e.